The molecule has 5 heteroatoms. The molecule has 2 aromatic carbocycles. The summed E-state index contributed by atoms with van der Waals surface area (Å²) in [5, 5.41) is 10.0. The van der Waals surface area contributed by atoms with Crippen molar-refractivity contribution in [3.63, 3.8) is 0 Å². The monoisotopic (exact) mass is 343 g/mol. The van der Waals surface area contributed by atoms with Crippen LogP contribution in [0.1, 0.15) is 30.5 Å². The molecule has 0 aromatic heterocycles. The Labute approximate surface area is 146 Å². The first-order valence-corrected chi connectivity index (χ1v) is 8.51. The third-order valence-corrected chi connectivity index (χ3v) is 4.42. The van der Waals surface area contributed by atoms with Crippen molar-refractivity contribution in [2.45, 2.75) is 31.9 Å². The maximum atomic E-state index is 13.5. The molecule has 0 aliphatic carbocycles. The Balaban J connectivity index is 1.73. The quantitative estimate of drug-likeness (QED) is 0.908. The number of aliphatic hydroxyl groups excluding tert-OH is 1. The summed E-state index contributed by atoms with van der Waals surface area (Å²) in [6.07, 6.45) is 0.0844. The number of likely N-dealkylation sites (tertiary alicyclic amines) is 1. The Kier molecular flexibility index (Phi) is 5.34. The van der Waals surface area contributed by atoms with Gasteiger partial charge >= 0.3 is 0 Å². The van der Waals surface area contributed by atoms with Gasteiger partial charge in [0.05, 0.1) is 25.2 Å². The number of β-amino-alcohol motifs (C(OH)–C–C–N with tert-alkyl or cyclic N) is 1. The van der Waals surface area contributed by atoms with Crippen molar-refractivity contribution < 1.29 is 19.0 Å². The Hall–Kier alpha value is -2.40. The average Bonchev–Trinajstić information content (AvgIpc) is 2.99. The molecule has 1 fully saturated rings. The zero-order chi connectivity index (χ0) is 17.8. The fraction of sp³-hybridized carbons (Fsp3) is 0.350. The van der Waals surface area contributed by atoms with Crippen LogP contribution in [0.4, 0.5) is 4.39 Å². The maximum Gasteiger partial charge on any atom is 0.227 e. The Morgan fingerprint density at radius 2 is 2.04 bits per heavy atom. The van der Waals surface area contributed by atoms with E-state index in [-0.39, 0.29) is 30.7 Å². The van der Waals surface area contributed by atoms with E-state index >= 15 is 0 Å². The minimum Gasteiger partial charge on any atom is -0.494 e. The first kappa shape index (κ1) is 17.4. The van der Waals surface area contributed by atoms with Crippen LogP contribution in [0, 0.1) is 5.82 Å². The number of carbonyl (C=O) groups excluding carboxylic acids is 1. The molecule has 4 nitrogen and oxygen atoms in total. The highest BCUT2D eigenvalue weighted by Gasteiger charge is 2.35. The van der Waals surface area contributed by atoms with Gasteiger partial charge in [0.2, 0.25) is 5.91 Å². The van der Waals surface area contributed by atoms with Gasteiger partial charge in [0.25, 0.3) is 0 Å². The zero-order valence-electron chi connectivity index (χ0n) is 14.2. The van der Waals surface area contributed by atoms with Crippen molar-refractivity contribution in [1.29, 1.82) is 0 Å². The summed E-state index contributed by atoms with van der Waals surface area (Å²) in [6.45, 7) is 2.79. The Bertz CT molecular complexity index is 732. The number of hydrogen-bond acceptors (Lipinski definition) is 3. The van der Waals surface area contributed by atoms with Gasteiger partial charge in [0.15, 0.2) is 0 Å². The SMILES string of the molecule is CCOc1ccc(CC(=O)N2C[C@@H](O)C[C@@H]2c2cccc(F)c2)cc1. The fourth-order valence-corrected chi connectivity index (χ4v) is 3.27. The molecule has 1 heterocycles. The molecule has 25 heavy (non-hydrogen) atoms. The van der Waals surface area contributed by atoms with Crippen LogP contribution in [-0.4, -0.2) is 35.2 Å². The van der Waals surface area contributed by atoms with E-state index in [4.69, 9.17) is 4.74 Å². The van der Waals surface area contributed by atoms with Crippen LogP contribution in [-0.2, 0) is 11.2 Å². The number of ether oxygens (including phenoxy) is 1. The first-order valence-electron chi connectivity index (χ1n) is 8.51. The second-order valence-electron chi connectivity index (χ2n) is 6.26. The summed E-state index contributed by atoms with van der Waals surface area (Å²) in [6, 6.07) is 13.4. The summed E-state index contributed by atoms with van der Waals surface area (Å²) in [4.78, 5) is 14.4. The van der Waals surface area contributed by atoms with Crippen LogP contribution >= 0.6 is 0 Å². The molecule has 0 unspecified atom stereocenters. The first-order chi connectivity index (χ1) is 12.1. The third-order valence-electron chi connectivity index (χ3n) is 4.42. The molecule has 1 saturated heterocycles. The van der Waals surface area contributed by atoms with Crippen molar-refractivity contribution in [1.82, 2.24) is 4.90 Å². The summed E-state index contributed by atoms with van der Waals surface area (Å²) in [7, 11) is 0. The number of aliphatic hydroxyl groups is 1. The molecule has 1 aliphatic rings. The van der Waals surface area contributed by atoms with Crippen LogP contribution in [0.25, 0.3) is 0 Å². The molecular formula is C20H22FNO3. The van der Waals surface area contributed by atoms with Crippen LogP contribution in [0.3, 0.4) is 0 Å². The number of amides is 1. The van der Waals surface area contributed by atoms with E-state index in [1.165, 1.54) is 12.1 Å². The lowest BCUT2D eigenvalue weighted by molar-refractivity contribution is -0.131. The molecule has 2 atom stereocenters. The number of benzene rings is 2. The number of hydrogen-bond donors (Lipinski definition) is 1. The number of rotatable bonds is 5. The number of carbonyl (C=O) groups is 1. The van der Waals surface area contributed by atoms with Gasteiger partial charge in [0.1, 0.15) is 11.6 Å². The van der Waals surface area contributed by atoms with Gasteiger partial charge in [-0.2, -0.15) is 0 Å². The fourth-order valence-electron chi connectivity index (χ4n) is 3.27. The summed E-state index contributed by atoms with van der Waals surface area (Å²) >= 11 is 0. The highest BCUT2D eigenvalue weighted by Crippen LogP contribution is 2.33. The summed E-state index contributed by atoms with van der Waals surface area (Å²) in [5.41, 5.74) is 1.60. The molecule has 3 rings (SSSR count). The molecule has 0 bridgehead atoms. The van der Waals surface area contributed by atoms with Crippen molar-refractivity contribution in [3.05, 3.63) is 65.5 Å². The Morgan fingerprint density at radius 1 is 1.28 bits per heavy atom. The topological polar surface area (TPSA) is 49.8 Å². The highest BCUT2D eigenvalue weighted by molar-refractivity contribution is 5.79. The van der Waals surface area contributed by atoms with Crippen molar-refractivity contribution in [3.8, 4) is 5.75 Å². The van der Waals surface area contributed by atoms with E-state index in [1.54, 1.807) is 17.0 Å². The van der Waals surface area contributed by atoms with Crippen LogP contribution in [0.5, 0.6) is 5.75 Å². The van der Waals surface area contributed by atoms with Gasteiger partial charge < -0.3 is 14.7 Å². The molecule has 1 N–H and O–H groups in total. The molecule has 2 aromatic rings. The van der Waals surface area contributed by atoms with Crippen molar-refractivity contribution in [2.75, 3.05) is 13.2 Å². The van der Waals surface area contributed by atoms with Gasteiger partial charge in [0, 0.05) is 6.54 Å². The standard InChI is InChI=1S/C20H22FNO3/c1-2-25-18-8-6-14(7-9-18)10-20(24)22-13-17(23)12-19(22)15-4-3-5-16(21)11-15/h3-9,11,17,19,23H,2,10,12-13H2,1H3/t17-,19+/m0/s1. The zero-order valence-corrected chi connectivity index (χ0v) is 14.2. The van der Waals surface area contributed by atoms with Gasteiger partial charge in [-0.15, -0.1) is 0 Å². The lowest BCUT2D eigenvalue weighted by atomic mass is 10.0. The van der Waals surface area contributed by atoms with E-state index in [1.807, 2.05) is 31.2 Å². The number of nitrogens with zero attached hydrogens (tertiary/aromatic N) is 1. The summed E-state index contributed by atoms with van der Waals surface area (Å²) in [5.74, 6) is 0.362. The predicted octanol–water partition coefficient (Wildman–Crippen LogP) is 3.10. The summed E-state index contributed by atoms with van der Waals surface area (Å²) < 4.78 is 18.9. The highest BCUT2D eigenvalue weighted by atomic mass is 19.1. The minimum absolute atomic E-state index is 0.0741. The Morgan fingerprint density at radius 3 is 2.72 bits per heavy atom. The molecular weight excluding hydrogens is 321 g/mol. The van der Waals surface area contributed by atoms with E-state index < -0.39 is 6.10 Å². The molecule has 0 radical (unpaired) electrons. The van der Waals surface area contributed by atoms with Crippen LogP contribution in [0.2, 0.25) is 0 Å². The van der Waals surface area contributed by atoms with Crippen molar-refractivity contribution in [2.24, 2.45) is 0 Å². The lowest BCUT2D eigenvalue weighted by Gasteiger charge is -2.25. The second kappa shape index (κ2) is 7.66. The van der Waals surface area contributed by atoms with E-state index in [2.05, 4.69) is 0 Å². The normalized spacial score (nSPS) is 19.9. The number of halogens is 1. The van der Waals surface area contributed by atoms with Gasteiger partial charge in [-0.25, -0.2) is 4.39 Å². The van der Waals surface area contributed by atoms with E-state index in [0.717, 1.165) is 16.9 Å². The smallest absolute Gasteiger partial charge is 0.227 e. The lowest BCUT2D eigenvalue weighted by Crippen LogP contribution is -2.33. The van der Waals surface area contributed by atoms with Gasteiger partial charge in [-0.3, -0.25) is 4.79 Å². The van der Waals surface area contributed by atoms with Crippen LogP contribution < -0.4 is 4.74 Å². The van der Waals surface area contributed by atoms with Gasteiger partial charge in [-0.05, 0) is 48.7 Å². The molecule has 132 valence electrons. The van der Waals surface area contributed by atoms with E-state index in [9.17, 15) is 14.3 Å². The maximum absolute atomic E-state index is 13.5. The van der Waals surface area contributed by atoms with Gasteiger partial charge in [-0.1, -0.05) is 24.3 Å². The molecule has 1 aliphatic heterocycles. The third kappa shape index (κ3) is 4.17. The second-order valence-corrected chi connectivity index (χ2v) is 6.26. The molecule has 0 spiro atoms. The average molecular weight is 343 g/mol. The largest absolute Gasteiger partial charge is 0.494 e. The van der Waals surface area contributed by atoms with Crippen molar-refractivity contribution >= 4 is 5.91 Å². The predicted molar refractivity (Wildman–Crippen MR) is 92.8 cm³/mol. The minimum atomic E-state index is -0.586. The molecule has 1 amide bonds. The van der Waals surface area contributed by atoms with E-state index in [0.29, 0.717) is 13.0 Å². The molecule has 0 saturated carbocycles. The van der Waals surface area contributed by atoms with Crippen LogP contribution in [0.15, 0.2) is 48.5 Å².